The molecule has 0 aliphatic heterocycles. The maximum absolute atomic E-state index is 10.9. The van der Waals surface area contributed by atoms with Gasteiger partial charge in [-0.3, -0.25) is 20.2 Å². The lowest BCUT2D eigenvalue weighted by Gasteiger charge is -2.02. The van der Waals surface area contributed by atoms with E-state index in [0.717, 1.165) is 0 Å². The van der Waals surface area contributed by atoms with Crippen molar-refractivity contribution >= 4 is 11.8 Å². The van der Waals surface area contributed by atoms with Gasteiger partial charge in [0.15, 0.2) is 0 Å². The minimum absolute atomic E-state index is 0.0145. The minimum Gasteiger partial charge on any atom is -0.259 e. The molecule has 1 rings (SSSR count). The summed E-state index contributed by atoms with van der Waals surface area (Å²) in [5.41, 5.74) is 0.120. The first kappa shape index (κ1) is 13.8. The number of para-hydroxylation sites is 1. The summed E-state index contributed by atoms with van der Waals surface area (Å²) in [5.74, 6) is 0.115. The highest BCUT2D eigenvalue weighted by Gasteiger charge is 2.17. The maximum atomic E-state index is 10.9. The van der Waals surface area contributed by atoms with Crippen molar-refractivity contribution in [3.05, 3.63) is 55.8 Å². The fourth-order valence-corrected chi connectivity index (χ4v) is 1.56. The Morgan fingerprint density at radius 3 is 2.39 bits per heavy atom. The zero-order valence-electron chi connectivity index (χ0n) is 10.2. The summed E-state index contributed by atoms with van der Waals surface area (Å²) in [7, 11) is 0. The lowest BCUT2D eigenvalue weighted by atomic mass is 10.1. The summed E-state index contributed by atoms with van der Waals surface area (Å²) >= 11 is 0. The van der Waals surface area contributed by atoms with Gasteiger partial charge < -0.3 is 0 Å². The average molecular weight is 250 g/mol. The second-order valence-electron chi connectivity index (χ2n) is 4.31. The highest BCUT2D eigenvalue weighted by Crippen LogP contribution is 2.23. The van der Waals surface area contributed by atoms with Crippen molar-refractivity contribution in [2.24, 2.45) is 5.92 Å². The number of rotatable bonds is 5. The number of allylic oxidation sites excluding steroid dienone is 1. The van der Waals surface area contributed by atoms with E-state index in [9.17, 15) is 20.2 Å². The van der Waals surface area contributed by atoms with Gasteiger partial charge in [-0.25, -0.2) is 0 Å². The van der Waals surface area contributed by atoms with E-state index in [2.05, 4.69) is 0 Å². The van der Waals surface area contributed by atoms with Gasteiger partial charge in [0.05, 0.1) is 15.4 Å². The van der Waals surface area contributed by atoms with E-state index < -0.39 is 9.85 Å². The first-order valence-electron chi connectivity index (χ1n) is 5.50. The van der Waals surface area contributed by atoms with Crippen molar-refractivity contribution in [2.75, 3.05) is 0 Å². The van der Waals surface area contributed by atoms with Crippen LogP contribution >= 0.6 is 0 Å². The van der Waals surface area contributed by atoms with E-state index >= 15 is 0 Å². The first-order valence-corrected chi connectivity index (χ1v) is 5.50. The third kappa shape index (κ3) is 3.65. The van der Waals surface area contributed by atoms with Gasteiger partial charge in [0.25, 0.3) is 5.69 Å². The molecule has 0 aliphatic rings. The van der Waals surface area contributed by atoms with E-state index in [4.69, 9.17) is 0 Å². The monoisotopic (exact) mass is 250 g/mol. The van der Waals surface area contributed by atoms with Gasteiger partial charge in [-0.1, -0.05) is 26.0 Å². The van der Waals surface area contributed by atoms with Crippen LogP contribution in [-0.2, 0) is 0 Å². The third-order valence-electron chi connectivity index (χ3n) is 2.31. The molecule has 96 valence electrons. The summed E-state index contributed by atoms with van der Waals surface area (Å²) in [4.78, 5) is 20.7. The molecule has 0 saturated carbocycles. The van der Waals surface area contributed by atoms with Crippen LogP contribution in [0.2, 0.25) is 0 Å². The molecule has 0 N–H and O–H groups in total. The molecule has 6 heteroatoms. The Hall–Kier alpha value is -2.24. The topological polar surface area (TPSA) is 86.3 Å². The zero-order chi connectivity index (χ0) is 13.7. The summed E-state index contributed by atoms with van der Waals surface area (Å²) in [6.45, 7) is 3.72. The normalized spacial score (nSPS) is 11.6. The molecule has 1 aromatic carbocycles. The van der Waals surface area contributed by atoms with Gasteiger partial charge in [0.1, 0.15) is 0 Å². The molecular weight excluding hydrogens is 236 g/mol. The van der Waals surface area contributed by atoms with Crippen LogP contribution in [0.4, 0.5) is 5.69 Å². The second kappa shape index (κ2) is 5.90. The van der Waals surface area contributed by atoms with Crippen LogP contribution < -0.4 is 0 Å². The predicted molar refractivity (Wildman–Crippen MR) is 67.5 cm³/mol. The highest BCUT2D eigenvalue weighted by molar-refractivity contribution is 5.61. The van der Waals surface area contributed by atoms with E-state index in [-0.39, 0.29) is 29.3 Å². The molecule has 0 heterocycles. The third-order valence-corrected chi connectivity index (χ3v) is 2.31. The van der Waals surface area contributed by atoms with E-state index in [1.54, 1.807) is 6.07 Å². The summed E-state index contributed by atoms with van der Waals surface area (Å²) in [6.07, 6.45) is 1.55. The van der Waals surface area contributed by atoms with Crippen LogP contribution in [-0.4, -0.2) is 9.85 Å². The largest absolute Gasteiger partial charge is 0.276 e. The van der Waals surface area contributed by atoms with Crippen molar-refractivity contribution in [1.82, 2.24) is 0 Å². The summed E-state index contributed by atoms with van der Waals surface area (Å²) in [6, 6.07) is 5.98. The molecule has 6 nitrogen and oxygen atoms in total. The molecule has 0 bridgehead atoms. The van der Waals surface area contributed by atoms with Gasteiger partial charge >= 0.3 is 0 Å². The molecule has 0 aliphatic carbocycles. The van der Waals surface area contributed by atoms with Crippen molar-refractivity contribution in [3.63, 3.8) is 0 Å². The number of benzene rings is 1. The quantitative estimate of drug-likeness (QED) is 0.592. The summed E-state index contributed by atoms with van der Waals surface area (Å²) in [5, 5.41) is 21.7. The van der Waals surface area contributed by atoms with Gasteiger partial charge in [0, 0.05) is 18.6 Å². The van der Waals surface area contributed by atoms with Crippen molar-refractivity contribution < 1.29 is 9.85 Å². The van der Waals surface area contributed by atoms with Gasteiger partial charge in [0.2, 0.25) is 5.70 Å². The van der Waals surface area contributed by atoms with Gasteiger partial charge in [-0.15, -0.1) is 0 Å². The minimum atomic E-state index is -0.543. The predicted octanol–water partition coefficient (Wildman–Crippen LogP) is 3.26. The first-order chi connectivity index (χ1) is 8.41. The highest BCUT2D eigenvalue weighted by atomic mass is 16.6. The number of nitro benzene ring substituents is 1. The van der Waals surface area contributed by atoms with Crippen LogP contribution in [0, 0.1) is 26.1 Å². The zero-order valence-corrected chi connectivity index (χ0v) is 10.2. The molecule has 0 atom stereocenters. The molecule has 0 fully saturated rings. The maximum Gasteiger partial charge on any atom is 0.276 e. The molecule has 0 aromatic heterocycles. The van der Waals surface area contributed by atoms with Gasteiger partial charge in [-0.05, 0) is 12.0 Å². The van der Waals surface area contributed by atoms with Crippen LogP contribution in [0.3, 0.4) is 0 Å². The van der Waals surface area contributed by atoms with Crippen molar-refractivity contribution in [3.8, 4) is 0 Å². The molecule has 0 saturated heterocycles. The number of hydrogen-bond donors (Lipinski definition) is 0. The van der Waals surface area contributed by atoms with Crippen LogP contribution in [0.5, 0.6) is 0 Å². The molecule has 1 aromatic rings. The fraction of sp³-hybridized carbons (Fsp3) is 0.333. The Morgan fingerprint density at radius 2 is 1.89 bits per heavy atom. The lowest BCUT2D eigenvalue weighted by Crippen LogP contribution is -2.03. The Balaban J connectivity index is 3.19. The second-order valence-corrected chi connectivity index (χ2v) is 4.31. The Bertz CT molecular complexity index is 495. The number of hydrogen-bond acceptors (Lipinski definition) is 4. The number of nitro groups is 2. The fourth-order valence-electron chi connectivity index (χ4n) is 1.56. The Kier molecular flexibility index (Phi) is 4.53. The lowest BCUT2D eigenvalue weighted by molar-refractivity contribution is -0.427. The van der Waals surface area contributed by atoms with Crippen LogP contribution in [0.15, 0.2) is 30.0 Å². The van der Waals surface area contributed by atoms with Crippen molar-refractivity contribution in [1.29, 1.82) is 0 Å². The van der Waals surface area contributed by atoms with E-state index in [1.165, 1.54) is 24.3 Å². The SMILES string of the molecule is CC(C)CC(=Cc1ccccc1[N+](=O)[O-])[N+](=O)[O-]. The number of nitrogens with zero attached hydrogens (tertiary/aromatic N) is 2. The molecule has 0 amide bonds. The molecular formula is C12H14N2O4. The van der Waals surface area contributed by atoms with Crippen LogP contribution in [0.1, 0.15) is 25.8 Å². The molecule has 0 spiro atoms. The average Bonchev–Trinajstić information content (AvgIpc) is 2.27. The standard InChI is InChI=1S/C12H14N2O4/c1-9(2)7-11(13(15)16)8-10-5-3-4-6-12(10)14(17)18/h3-6,8-9H,7H2,1-2H3. The van der Waals surface area contributed by atoms with Crippen molar-refractivity contribution in [2.45, 2.75) is 20.3 Å². The van der Waals surface area contributed by atoms with E-state index in [0.29, 0.717) is 0 Å². The summed E-state index contributed by atoms with van der Waals surface area (Å²) < 4.78 is 0. The molecule has 0 unspecified atom stereocenters. The van der Waals surface area contributed by atoms with Crippen LogP contribution in [0.25, 0.3) is 6.08 Å². The van der Waals surface area contributed by atoms with Gasteiger partial charge in [-0.2, -0.15) is 0 Å². The van der Waals surface area contributed by atoms with E-state index in [1.807, 2.05) is 13.8 Å². The Morgan fingerprint density at radius 1 is 1.28 bits per heavy atom. The molecule has 0 radical (unpaired) electrons. The Labute approximate surface area is 104 Å². The smallest absolute Gasteiger partial charge is 0.259 e. The molecule has 18 heavy (non-hydrogen) atoms.